The summed E-state index contributed by atoms with van der Waals surface area (Å²) in [5.74, 6) is 2.56. The molecular weight excluding hydrogens is 423 g/mol. The first kappa shape index (κ1) is 21.3. The SMILES string of the molecule is CC(C)c1ncc(Nc2nc(N3CCC[C@@H]3C(=O)Nc3ccc(F)nc3)nc3c2CCC3)[nH]1. The Morgan fingerprint density at radius 3 is 2.82 bits per heavy atom. The molecule has 1 fully saturated rings. The van der Waals surface area contributed by atoms with Crippen molar-refractivity contribution in [1.82, 2.24) is 24.9 Å². The van der Waals surface area contributed by atoms with E-state index in [4.69, 9.17) is 9.97 Å². The highest BCUT2D eigenvalue weighted by Gasteiger charge is 2.34. The van der Waals surface area contributed by atoms with Crippen molar-refractivity contribution in [2.75, 3.05) is 22.1 Å². The number of nitrogens with zero attached hydrogens (tertiary/aromatic N) is 5. The number of aryl methyl sites for hydroxylation is 1. The van der Waals surface area contributed by atoms with Crippen molar-refractivity contribution in [1.29, 1.82) is 0 Å². The summed E-state index contributed by atoms with van der Waals surface area (Å²) in [5.41, 5.74) is 2.61. The number of carbonyl (C=O) groups is 1. The number of aromatic amines is 1. The first-order valence-corrected chi connectivity index (χ1v) is 11.4. The Morgan fingerprint density at radius 1 is 1.18 bits per heavy atom. The van der Waals surface area contributed by atoms with Gasteiger partial charge in [-0.1, -0.05) is 13.8 Å². The number of hydrogen-bond donors (Lipinski definition) is 3. The molecule has 3 N–H and O–H groups in total. The fourth-order valence-corrected chi connectivity index (χ4v) is 4.43. The number of carbonyl (C=O) groups excluding carboxylic acids is 1. The molecule has 1 atom stereocenters. The lowest BCUT2D eigenvalue weighted by Crippen LogP contribution is -2.40. The normalized spacial score (nSPS) is 17.5. The van der Waals surface area contributed by atoms with Gasteiger partial charge >= 0.3 is 0 Å². The van der Waals surface area contributed by atoms with Gasteiger partial charge in [-0.05, 0) is 44.2 Å². The Balaban J connectivity index is 1.40. The maximum atomic E-state index is 13.1. The maximum Gasteiger partial charge on any atom is 0.247 e. The summed E-state index contributed by atoms with van der Waals surface area (Å²) in [5, 5.41) is 6.23. The van der Waals surface area contributed by atoms with Crippen LogP contribution in [0.25, 0.3) is 0 Å². The van der Waals surface area contributed by atoms with E-state index in [-0.39, 0.29) is 5.91 Å². The lowest BCUT2D eigenvalue weighted by atomic mass is 10.2. The lowest BCUT2D eigenvalue weighted by Gasteiger charge is -2.25. The van der Waals surface area contributed by atoms with E-state index in [0.29, 0.717) is 30.5 Å². The zero-order valence-corrected chi connectivity index (χ0v) is 18.7. The highest BCUT2D eigenvalue weighted by Crippen LogP contribution is 2.32. The van der Waals surface area contributed by atoms with Gasteiger partial charge in [0.2, 0.25) is 17.8 Å². The Kier molecular flexibility index (Phi) is 5.65. The second-order valence-electron chi connectivity index (χ2n) is 8.82. The number of anilines is 4. The van der Waals surface area contributed by atoms with Gasteiger partial charge in [-0.25, -0.2) is 15.0 Å². The van der Waals surface area contributed by atoms with E-state index in [0.717, 1.165) is 54.4 Å². The molecule has 5 rings (SSSR count). The van der Waals surface area contributed by atoms with Crippen molar-refractivity contribution in [3.63, 3.8) is 0 Å². The van der Waals surface area contributed by atoms with Gasteiger partial charge in [0.25, 0.3) is 0 Å². The Bertz CT molecular complexity index is 1160. The topological polar surface area (TPSA) is 112 Å². The van der Waals surface area contributed by atoms with Crippen molar-refractivity contribution < 1.29 is 9.18 Å². The molecule has 1 saturated heterocycles. The van der Waals surface area contributed by atoms with Crippen molar-refractivity contribution in [3.8, 4) is 0 Å². The number of aromatic nitrogens is 5. The fourth-order valence-electron chi connectivity index (χ4n) is 4.43. The zero-order valence-electron chi connectivity index (χ0n) is 18.7. The van der Waals surface area contributed by atoms with Crippen LogP contribution >= 0.6 is 0 Å². The van der Waals surface area contributed by atoms with Gasteiger partial charge in [0.05, 0.1) is 23.8 Å². The lowest BCUT2D eigenvalue weighted by molar-refractivity contribution is -0.117. The van der Waals surface area contributed by atoms with Crippen LogP contribution in [0.3, 0.4) is 0 Å². The van der Waals surface area contributed by atoms with Crippen LogP contribution in [-0.4, -0.2) is 43.4 Å². The van der Waals surface area contributed by atoms with E-state index in [9.17, 15) is 9.18 Å². The average molecular weight is 451 g/mol. The van der Waals surface area contributed by atoms with E-state index < -0.39 is 12.0 Å². The molecule has 1 amide bonds. The van der Waals surface area contributed by atoms with Crippen LogP contribution in [-0.2, 0) is 17.6 Å². The summed E-state index contributed by atoms with van der Waals surface area (Å²) in [6, 6.07) is 2.33. The monoisotopic (exact) mass is 450 g/mol. The molecule has 0 unspecified atom stereocenters. The first-order chi connectivity index (χ1) is 16.0. The number of imidazole rings is 1. The molecule has 3 aromatic heterocycles. The predicted octanol–water partition coefficient (Wildman–Crippen LogP) is 3.70. The van der Waals surface area contributed by atoms with Crippen LogP contribution in [0, 0.1) is 5.95 Å². The second-order valence-corrected chi connectivity index (χ2v) is 8.82. The summed E-state index contributed by atoms with van der Waals surface area (Å²) in [6.45, 7) is 4.87. The predicted molar refractivity (Wildman–Crippen MR) is 123 cm³/mol. The Morgan fingerprint density at radius 2 is 2.06 bits per heavy atom. The number of H-pyrrole nitrogens is 1. The van der Waals surface area contributed by atoms with Crippen LogP contribution in [0.5, 0.6) is 0 Å². The van der Waals surface area contributed by atoms with Gasteiger partial charge in [0.15, 0.2) is 0 Å². The van der Waals surface area contributed by atoms with Gasteiger partial charge < -0.3 is 20.5 Å². The summed E-state index contributed by atoms with van der Waals surface area (Å²) < 4.78 is 13.1. The number of hydrogen-bond acceptors (Lipinski definition) is 7. The smallest absolute Gasteiger partial charge is 0.247 e. The van der Waals surface area contributed by atoms with Crippen LogP contribution in [0.15, 0.2) is 24.5 Å². The molecule has 0 bridgehead atoms. The van der Waals surface area contributed by atoms with E-state index in [1.807, 2.05) is 4.90 Å². The molecule has 1 aliphatic carbocycles. The standard InChI is InChI=1S/C23H27FN8O/c1-13(2)20-26-12-19(29-20)30-21-15-5-3-6-16(15)28-23(31-21)32-10-4-7-17(32)22(33)27-14-8-9-18(24)25-11-14/h8-9,11-13,17H,3-7,10H2,1-2H3,(H,26,29)(H,27,33)(H,28,30,31)/t17-/m1/s1. The quantitative estimate of drug-likeness (QED) is 0.491. The van der Waals surface area contributed by atoms with Crippen molar-refractivity contribution in [2.45, 2.75) is 57.9 Å². The molecule has 4 heterocycles. The number of amides is 1. The van der Waals surface area contributed by atoms with Gasteiger partial charge in [0, 0.05) is 18.0 Å². The zero-order chi connectivity index (χ0) is 22.9. The molecule has 3 aromatic rings. The highest BCUT2D eigenvalue weighted by molar-refractivity contribution is 5.96. The van der Waals surface area contributed by atoms with Gasteiger partial charge in [-0.3, -0.25) is 4.79 Å². The summed E-state index contributed by atoms with van der Waals surface area (Å²) >= 11 is 0. The van der Waals surface area contributed by atoms with Crippen molar-refractivity contribution in [3.05, 3.63) is 47.6 Å². The van der Waals surface area contributed by atoms with Crippen LogP contribution < -0.4 is 15.5 Å². The van der Waals surface area contributed by atoms with E-state index in [1.165, 1.54) is 18.3 Å². The van der Waals surface area contributed by atoms with Crippen LogP contribution in [0.4, 0.5) is 27.7 Å². The molecule has 0 spiro atoms. The summed E-state index contributed by atoms with van der Waals surface area (Å²) in [7, 11) is 0. The number of rotatable bonds is 6. The molecule has 0 saturated carbocycles. The van der Waals surface area contributed by atoms with E-state index in [2.05, 4.69) is 39.4 Å². The molecule has 0 aromatic carbocycles. The third-order valence-electron chi connectivity index (χ3n) is 6.12. The minimum atomic E-state index is -0.583. The minimum Gasteiger partial charge on any atom is -0.329 e. The highest BCUT2D eigenvalue weighted by atomic mass is 19.1. The van der Waals surface area contributed by atoms with Gasteiger partial charge in [-0.15, -0.1) is 0 Å². The average Bonchev–Trinajstić information content (AvgIpc) is 3.55. The molecule has 10 heteroatoms. The van der Waals surface area contributed by atoms with E-state index in [1.54, 1.807) is 6.20 Å². The number of pyridine rings is 1. The third-order valence-corrected chi connectivity index (χ3v) is 6.12. The largest absolute Gasteiger partial charge is 0.329 e. The Labute approximate surface area is 191 Å². The molecule has 0 radical (unpaired) electrons. The molecule has 172 valence electrons. The molecule has 33 heavy (non-hydrogen) atoms. The maximum absolute atomic E-state index is 13.1. The minimum absolute atomic E-state index is 0.172. The molecule has 2 aliphatic rings. The number of fused-ring (bicyclic) bond motifs is 1. The van der Waals surface area contributed by atoms with Crippen molar-refractivity contribution in [2.24, 2.45) is 0 Å². The Hall–Kier alpha value is -3.56. The van der Waals surface area contributed by atoms with Gasteiger partial charge in [0.1, 0.15) is 23.5 Å². The molecular formula is C23H27FN8O. The molecule has 1 aliphatic heterocycles. The van der Waals surface area contributed by atoms with E-state index >= 15 is 0 Å². The number of nitrogens with one attached hydrogen (secondary N) is 3. The summed E-state index contributed by atoms with van der Waals surface area (Å²) in [4.78, 5) is 36.0. The second kappa shape index (κ2) is 8.76. The molecule has 9 nitrogen and oxygen atoms in total. The first-order valence-electron chi connectivity index (χ1n) is 11.4. The summed E-state index contributed by atoms with van der Waals surface area (Å²) in [6.07, 6.45) is 7.50. The van der Waals surface area contributed by atoms with Gasteiger partial charge in [-0.2, -0.15) is 9.37 Å². The third kappa shape index (κ3) is 4.37. The fraction of sp³-hybridized carbons (Fsp3) is 0.435. The van der Waals surface area contributed by atoms with Crippen molar-refractivity contribution >= 4 is 29.2 Å². The van der Waals surface area contributed by atoms with Crippen LogP contribution in [0.1, 0.15) is 56.1 Å². The van der Waals surface area contributed by atoms with Crippen LogP contribution in [0.2, 0.25) is 0 Å². The number of halogens is 1.